The minimum atomic E-state index is -0.235. The van der Waals surface area contributed by atoms with E-state index >= 15 is 0 Å². The number of aliphatic imine (C=N–C) groups is 1. The van der Waals surface area contributed by atoms with E-state index in [0.717, 1.165) is 18.9 Å². The molecule has 20 heavy (non-hydrogen) atoms. The topological polar surface area (TPSA) is 65.9 Å². The van der Waals surface area contributed by atoms with Gasteiger partial charge in [0.1, 0.15) is 0 Å². The first-order valence-electron chi connectivity index (χ1n) is 7.00. The maximum atomic E-state index is 9.40. The fourth-order valence-corrected chi connectivity index (χ4v) is 1.25. The molecule has 0 heterocycles. The zero-order valence-electron chi connectivity index (χ0n) is 13.7. The van der Waals surface area contributed by atoms with Crippen LogP contribution in [0.3, 0.4) is 0 Å². The molecule has 6 heteroatoms. The number of rotatable bonds is 8. The Kier molecular flexibility index (Phi) is 11.8. The smallest absolute Gasteiger partial charge is 0.191 e. The summed E-state index contributed by atoms with van der Waals surface area (Å²) in [6.07, 6.45) is 0.899. The fraction of sp³-hybridized carbons (Fsp3) is 0.929. The van der Waals surface area contributed by atoms with Gasteiger partial charge in [0.25, 0.3) is 0 Å². The zero-order valence-corrected chi connectivity index (χ0v) is 16.1. The highest BCUT2D eigenvalue weighted by Crippen LogP contribution is 2.20. The number of guanidine groups is 1. The molecule has 122 valence electrons. The van der Waals surface area contributed by atoms with Gasteiger partial charge >= 0.3 is 0 Å². The van der Waals surface area contributed by atoms with Crippen molar-refractivity contribution < 1.29 is 9.84 Å². The number of halogens is 1. The van der Waals surface area contributed by atoms with Crippen LogP contribution in [0.5, 0.6) is 0 Å². The van der Waals surface area contributed by atoms with Crippen molar-refractivity contribution in [2.45, 2.75) is 46.6 Å². The molecule has 0 spiro atoms. The van der Waals surface area contributed by atoms with Crippen molar-refractivity contribution in [3.8, 4) is 0 Å². The number of hydrogen-bond acceptors (Lipinski definition) is 3. The SMILES string of the molecule is CCNC(=NCC(C)(CC)CO)NCC(C)(C)OC.I. The quantitative estimate of drug-likeness (QED) is 0.331. The minimum Gasteiger partial charge on any atom is -0.396 e. The first-order valence-corrected chi connectivity index (χ1v) is 7.00. The molecule has 5 nitrogen and oxygen atoms in total. The van der Waals surface area contributed by atoms with Crippen LogP contribution in [0.15, 0.2) is 4.99 Å². The second-order valence-corrected chi connectivity index (χ2v) is 5.83. The highest BCUT2D eigenvalue weighted by atomic mass is 127. The van der Waals surface area contributed by atoms with E-state index in [4.69, 9.17) is 4.74 Å². The Balaban J connectivity index is 0. The average molecular weight is 401 g/mol. The molecular formula is C14H32IN3O2. The number of nitrogens with one attached hydrogen (secondary N) is 2. The number of nitrogens with zero attached hydrogens (tertiary/aromatic N) is 1. The van der Waals surface area contributed by atoms with Crippen LogP contribution in [0.2, 0.25) is 0 Å². The van der Waals surface area contributed by atoms with Gasteiger partial charge in [-0.15, -0.1) is 24.0 Å². The first-order chi connectivity index (χ1) is 8.82. The van der Waals surface area contributed by atoms with Gasteiger partial charge < -0.3 is 20.5 Å². The van der Waals surface area contributed by atoms with Gasteiger partial charge in [-0.1, -0.05) is 13.8 Å². The summed E-state index contributed by atoms with van der Waals surface area (Å²) < 4.78 is 5.37. The molecule has 0 bridgehead atoms. The molecule has 1 atom stereocenters. The summed E-state index contributed by atoms with van der Waals surface area (Å²) in [5, 5.41) is 15.9. The summed E-state index contributed by atoms with van der Waals surface area (Å²) >= 11 is 0. The molecule has 0 aromatic rings. The van der Waals surface area contributed by atoms with Gasteiger partial charge in [-0.25, -0.2) is 0 Å². The van der Waals surface area contributed by atoms with Gasteiger partial charge in [0.15, 0.2) is 5.96 Å². The van der Waals surface area contributed by atoms with Crippen LogP contribution in [0.25, 0.3) is 0 Å². The Labute approximate surface area is 141 Å². The lowest BCUT2D eigenvalue weighted by Crippen LogP contribution is -2.45. The second kappa shape index (κ2) is 10.6. The molecule has 0 rings (SSSR count). The van der Waals surface area contributed by atoms with E-state index in [2.05, 4.69) is 22.5 Å². The molecule has 0 saturated heterocycles. The minimum absolute atomic E-state index is 0. The third-order valence-corrected chi connectivity index (χ3v) is 3.43. The molecule has 1 unspecified atom stereocenters. The summed E-state index contributed by atoms with van der Waals surface area (Å²) in [5.41, 5.74) is -0.389. The summed E-state index contributed by atoms with van der Waals surface area (Å²) in [6.45, 7) is 12.4. The molecule has 0 saturated carbocycles. The largest absolute Gasteiger partial charge is 0.396 e. The summed E-state index contributed by atoms with van der Waals surface area (Å²) in [7, 11) is 1.70. The molecule has 0 aromatic carbocycles. The van der Waals surface area contributed by atoms with Crippen LogP contribution >= 0.6 is 24.0 Å². The Bertz CT molecular complexity index is 280. The van der Waals surface area contributed by atoms with Crippen LogP contribution in [0.4, 0.5) is 0 Å². The van der Waals surface area contributed by atoms with Gasteiger partial charge in [0, 0.05) is 25.6 Å². The van der Waals surface area contributed by atoms with Crippen molar-refractivity contribution in [1.29, 1.82) is 0 Å². The van der Waals surface area contributed by atoms with Crippen molar-refractivity contribution in [2.24, 2.45) is 10.4 Å². The van der Waals surface area contributed by atoms with E-state index < -0.39 is 0 Å². The van der Waals surface area contributed by atoms with E-state index in [1.165, 1.54) is 0 Å². The van der Waals surface area contributed by atoms with Crippen LogP contribution in [0.1, 0.15) is 41.0 Å². The van der Waals surface area contributed by atoms with Crippen LogP contribution < -0.4 is 10.6 Å². The molecule has 0 radical (unpaired) electrons. The fourth-order valence-electron chi connectivity index (χ4n) is 1.25. The van der Waals surface area contributed by atoms with E-state index in [9.17, 15) is 5.11 Å². The van der Waals surface area contributed by atoms with Gasteiger partial charge in [0.2, 0.25) is 0 Å². The lowest BCUT2D eigenvalue weighted by Gasteiger charge is -2.26. The van der Waals surface area contributed by atoms with Crippen molar-refractivity contribution in [3.05, 3.63) is 0 Å². The Morgan fingerprint density at radius 2 is 1.80 bits per heavy atom. The normalized spacial score (nSPS) is 15.2. The molecule has 3 N–H and O–H groups in total. The molecule has 0 amide bonds. The zero-order chi connectivity index (χ0) is 14.9. The number of methoxy groups -OCH3 is 1. The van der Waals surface area contributed by atoms with Crippen molar-refractivity contribution in [2.75, 3.05) is 33.4 Å². The third-order valence-electron chi connectivity index (χ3n) is 3.43. The predicted molar refractivity (Wildman–Crippen MR) is 96.0 cm³/mol. The summed E-state index contributed by atoms with van der Waals surface area (Å²) in [6, 6.07) is 0. The van der Waals surface area contributed by atoms with Crippen LogP contribution in [-0.4, -0.2) is 50.0 Å². The molecule has 0 aliphatic heterocycles. The Morgan fingerprint density at radius 1 is 1.20 bits per heavy atom. The van der Waals surface area contributed by atoms with Gasteiger partial charge in [-0.05, 0) is 27.2 Å². The number of aliphatic hydroxyl groups excluding tert-OH is 1. The molecule has 0 aliphatic carbocycles. The number of aliphatic hydroxyl groups is 1. The van der Waals surface area contributed by atoms with Crippen molar-refractivity contribution in [3.63, 3.8) is 0 Å². The predicted octanol–water partition coefficient (Wildman–Crippen LogP) is 1.99. The maximum Gasteiger partial charge on any atom is 0.191 e. The molecule has 0 aliphatic rings. The van der Waals surface area contributed by atoms with Gasteiger partial charge in [-0.3, -0.25) is 4.99 Å². The molecule has 0 fully saturated rings. The van der Waals surface area contributed by atoms with E-state index in [-0.39, 0.29) is 41.6 Å². The van der Waals surface area contributed by atoms with E-state index in [1.807, 2.05) is 27.7 Å². The van der Waals surface area contributed by atoms with Crippen molar-refractivity contribution >= 4 is 29.9 Å². The number of ether oxygens (including phenoxy) is 1. The standard InChI is InChI=1S/C14H31N3O2.HI/c1-7-14(5,11-18)10-17-12(15-8-2)16-9-13(3,4)19-6;/h18H,7-11H2,1-6H3,(H2,15,16,17);1H. The highest BCUT2D eigenvalue weighted by Gasteiger charge is 2.21. The lowest BCUT2D eigenvalue weighted by atomic mass is 9.89. The third kappa shape index (κ3) is 8.97. The first kappa shape index (κ1) is 22.2. The molecular weight excluding hydrogens is 369 g/mol. The monoisotopic (exact) mass is 401 g/mol. The maximum absolute atomic E-state index is 9.40. The molecule has 0 aromatic heterocycles. The Hall–Kier alpha value is -0.0800. The highest BCUT2D eigenvalue weighted by molar-refractivity contribution is 14.0. The van der Waals surface area contributed by atoms with Gasteiger partial charge in [-0.2, -0.15) is 0 Å². The lowest BCUT2D eigenvalue weighted by molar-refractivity contribution is 0.0268. The van der Waals surface area contributed by atoms with E-state index in [1.54, 1.807) is 7.11 Å². The van der Waals surface area contributed by atoms with Crippen LogP contribution in [-0.2, 0) is 4.74 Å². The van der Waals surface area contributed by atoms with E-state index in [0.29, 0.717) is 13.1 Å². The second-order valence-electron chi connectivity index (χ2n) is 5.83. The summed E-state index contributed by atoms with van der Waals surface area (Å²) in [4.78, 5) is 4.54. The average Bonchev–Trinajstić information content (AvgIpc) is 2.41. The van der Waals surface area contributed by atoms with Crippen LogP contribution in [0, 0.1) is 5.41 Å². The summed E-state index contributed by atoms with van der Waals surface area (Å²) in [5.74, 6) is 0.765. The Morgan fingerprint density at radius 3 is 2.20 bits per heavy atom. The van der Waals surface area contributed by atoms with Gasteiger partial charge in [0.05, 0.1) is 18.8 Å². The number of hydrogen-bond donors (Lipinski definition) is 3. The van der Waals surface area contributed by atoms with Crippen molar-refractivity contribution in [1.82, 2.24) is 10.6 Å².